The Morgan fingerprint density at radius 2 is 1.78 bits per heavy atom. The van der Waals surface area contributed by atoms with Gasteiger partial charge in [-0.2, -0.15) is 5.10 Å². The third kappa shape index (κ3) is 8.16. The van der Waals surface area contributed by atoms with Gasteiger partial charge in [0.15, 0.2) is 6.29 Å². The van der Waals surface area contributed by atoms with Crippen LogP contribution in [0.5, 0.6) is 5.75 Å². The molecule has 9 nitrogen and oxygen atoms in total. The summed E-state index contributed by atoms with van der Waals surface area (Å²) in [6.45, 7) is 2.08. The van der Waals surface area contributed by atoms with Crippen LogP contribution in [-0.4, -0.2) is 55.9 Å². The molecule has 45 heavy (non-hydrogen) atoms. The van der Waals surface area contributed by atoms with Gasteiger partial charge in [-0.25, -0.2) is 18.4 Å². The summed E-state index contributed by atoms with van der Waals surface area (Å²) in [7, 11) is 0. The smallest absolute Gasteiger partial charge is 0.406 e. The lowest BCUT2D eigenvalue weighted by Gasteiger charge is -2.37. The summed E-state index contributed by atoms with van der Waals surface area (Å²) in [5, 5.41) is 17.5. The van der Waals surface area contributed by atoms with E-state index in [0.717, 1.165) is 24.3 Å². The molecule has 15 heteroatoms. The molecule has 4 aromatic rings. The maximum atomic E-state index is 14.8. The van der Waals surface area contributed by atoms with Crippen LogP contribution in [0.15, 0.2) is 79.4 Å². The molecule has 1 aromatic heterocycles. The van der Waals surface area contributed by atoms with Crippen molar-refractivity contribution in [2.24, 2.45) is 0 Å². The molecule has 2 N–H and O–H groups in total. The number of carbonyl (C=O) groups is 1. The van der Waals surface area contributed by atoms with E-state index >= 15 is 0 Å². The van der Waals surface area contributed by atoms with Crippen LogP contribution in [0.25, 0.3) is 0 Å². The van der Waals surface area contributed by atoms with Gasteiger partial charge in [-0.3, -0.25) is 4.79 Å². The Morgan fingerprint density at radius 1 is 1.09 bits per heavy atom. The lowest BCUT2D eigenvalue weighted by Crippen LogP contribution is -2.43. The minimum absolute atomic E-state index is 0.0773. The number of thioether (sulfide) groups is 1. The number of nitrogens with one attached hydrogen (secondary N) is 1. The highest BCUT2D eigenvalue weighted by Gasteiger charge is 2.41. The van der Waals surface area contributed by atoms with Crippen molar-refractivity contribution < 1.29 is 46.1 Å². The molecule has 2 heterocycles. The topological polar surface area (TPSA) is 108 Å². The molecule has 0 saturated carbocycles. The van der Waals surface area contributed by atoms with E-state index in [9.17, 15) is 31.9 Å². The maximum absolute atomic E-state index is 14.8. The van der Waals surface area contributed by atoms with Crippen molar-refractivity contribution in [3.63, 3.8) is 0 Å². The van der Waals surface area contributed by atoms with Crippen LogP contribution < -0.4 is 10.1 Å². The Kier molecular flexibility index (Phi) is 9.72. The number of hydrogen-bond acceptors (Lipinski definition) is 8. The molecular weight excluding hydrogens is 623 g/mol. The molecule has 0 bridgehead atoms. The van der Waals surface area contributed by atoms with Crippen molar-refractivity contribution >= 4 is 23.4 Å². The van der Waals surface area contributed by atoms with E-state index in [-0.39, 0.29) is 36.3 Å². The minimum Gasteiger partial charge on any atom is -0.406 e. The Bertz CT molecular complexity index is 1580. The van der Waals surface area contributed by atoms with Crippen molar-refractivity contribution in [1.29, 1.82) is 0 Å². The van der Waals surface area contributed by atoms with Gasteiger partial charge in [0, 0.05) is 33.7 Å². The average Bonchev–Trinajstić information content (AvgIpc) is 3.50. The fourth-order valence-corrected chi connectivity index (χ4v) is 6.05. The van der Waals surface area contributed by atoms with Crippen LogP contribution in [0.2, 0.25) is 0 Å². The summed E-state index contributed by atoms with van der Waals surface area (Å²) in [6, 6.07) is 14.2. The van der Waals surface area contributed by atoms with Crippen molar-refractivity contribution in [2.45, 2.75) is 42.2 Å². The molecule has 0 radical (unpaired) electrons. The number of aromatic nitrogens is 3. The second-order valence-electron chi connectivity index (χ2n) is 10.2. The molecule has 1 saturated heterocycles. The number of nitrogens with zero attached hydrogens (tertiary/aromatic N) is 3. The molecule has 1 aliphatic rings. The van der Waals surface area contributed by atoms with Gasteiger partial charge in [0.1, 0.15) is 35.6 Å². The Balaban J connectivity index is 1.17. The molecule has 3 aromatic carbocycles. The highest BCUT2D eigenvalue weighted by atomic mass is 32.2. The van der Waals surface area contributed by atoms with Gasteiger partial charge in [0.2, 0.25) is 0 Å². The molecule has 0 spiro atoms. The summed E-state index contributed by atoms with van der Waals surface area (Å²) < 4.78 is 82.5. The number of ether oxygens (including phenoxy) is 3. The quantitative estimate of drug-likeness (QED) is 0.207. The van der Waals surface area contributed by atoms with Crippen LogP contribution in [0.3, 0.4) is 0 Å². The number of hydrogen-bond donors (Lipinski definition) is 2. The molecule has 2 atom stereocenters. The lowest BCUT2D eigenvalue weighted by molar-refractivity contribution is -0.274. The summed E-state index contributed by atoms with van der Waals surface area (Å²) >= 11 is 1.33. The normalized spacial score (nSPS) is 19.0. The van der Waals surface area contributed by atoms with Crippen LogP contribution in [0.4, 0.5) is 27.6 Å². The first kappa shape index (κ1) is 32.3. The van der Waals surface area contributed by atoms with Gasteiger partial charge in [-0.05, 0) is 42.5 Å². The van der Waals surface area contributed by atoms with Gasteiger partial charge in [-0.15, -0.1) is 24.9 Å². The van der Waals surface area contributed by atoms with Crippen LogP contribution >= 0.6 is 11.8 Å². The lowest BCUT2D eigenvalue weighted by atomic mass is 9.90. The van der Waals surface area contributed by atoms with Crippen molar-refractivity contribution in [2.75, 3.05) is 18.5 Å². The summed E-state index contributed by atoms with van der Waals surface area (Å²) in [5.41, 5.74) is -0.625. The summed E-state index contributed by atoms with van der Waals surface area (Å²) in [5.74, 6) is -2.52. The van der Waals surface area contributed by atoms with E-state index in [2.05, 4.69) is 20.1 Å². The zero-order valence-corrected chi connectivity index (χ0v) is 24.4. The highest BCUT2D eigenvalue weighted by molar-refractivity contribution is 8.00. The minimum atomic E-state index is -4.81. The number of anilines is 1. The number of aliphatic hydroxyl groups is 1. The van der Waals surface area contributed by atoms with E-state index in [1.165, 1.54) is 47.3 Å². The van der Waals surface area contributed by atoms with E-state index in [1.54, 1.807) is 31.2 Å². The van der Waals surface area contributed by atoms with Crippen molar-refractivity contribution in [3.8, 4) is 5.75 Å². The first-order valence-electron chi connectivity index (χ1n) is 13.6. The highest BCUT2D eigenvalue weighted by Crippen LogP contribution is 2.39. The molecule has 1 aliphatic heterocycles. The van der Waals surface area contributed by atoms with Crippen LogP contribution in [-0.2, 0) is 21.6 Å². The van der Waals surface area contributed by atoms with E-state index in [0.29, 0.717) is 11.1 Å². The molecule has 0 unspecified atom stereocenters. The van der Waals surface area contributed by atoms with Gasteiger partial charge in [0.25, 0.3) is 5.91 Å². The number of rotatable bonds is 10. The number of benzene rings is 3. The molecule has 5 rings (SSSR count). The predicted molar refractivity (Wildman–Crippen MR) is 153 cm³/mol. The van der Waals surface area contributed by atoms with E-state index < -0.39 is 46.8 Å². The second kappa shape index (κ2) is 13.5. The third-order valence-corrected chi connectivity index (χ3v) is 8.45. The molecule has 1 amide bonds. The number of carbonyl (C=O) groups excluding carboxylic acids is 1. The van der Waals surface area contributed by atoms with Crippen LogP contribution in [0.1, 0.15) is 34.7 Å². The average molecular weight is 651 g/mol. The van der Waals surface area contributed by atoms with Gasteiger partial charge in [0.05, 0.1) is 25.0 Å². The monoisotopic (exact) mass is 650 g/mol. The first-order valence-corrected chi connectivity index (χ1v) is 14.5. The Hall–Kier alpha value is -4.05. The SMILES string of the molecule is C[C@@H](SC1COC(c2ccc(C(=O)Nc3ccc(OC(F)(F)F)cc3)cc2)OC1)[C@](O)(Cn1cncn1)c1ccc(F)cc1F. The fourth-order valence-electron chi connectivity index (χ4n) is 4.73. The largest absolute Gasteiger partial charge is 0.573 e. The molecular formula is C30H27F5N4O5S. The maximum Gasteiger partial charge on any atom is 0.573 e. The van der Waals surface area contributed by atoms with Gasteiger partial charge in [-0.1, -0.05) is 25.1 Å². The summed E-state index contributed by atoms with van der Waals surface area (Å²) in [6.07, 6.45) is -2.85. The first-order chi connectivity index (χ1) is 21.4. The molecule has 0 aliphatic carbocycles. The predicted octanol–water partition coefficient (Wildman–Crippen LogP) is 5.83. The van der Waals surface area contributed by atoms with Crippen molar-refractivity contribution in [1.82, 2.24) is 14.8 Å². The Morgan fingerprint density at radius 3 is 2.38 bits per heavy atom. The zero-order valence-electron chi connectivity index (χ0n) is 23.6. The Labute approximate surface area is 258 Å². The van der Waals surface area contributed by atoms with Gasteiger partial charge < -0.3 is 24.6 Å². The van der Waals surface area contributed by atoms with Crippen LogP contribution in [0, 0.1) is 11.6 Å². The van der Waals surface area contributed by atoms with Crippen molar-refractivity contribution in [3.05, 3.63) is 108 Å². The fraction of sp³-hybridized carbons (Fsp3) is 0.300. The molecule has 238 valence electrons. The summed E-state index contributed by atoms with van der Waals surface area (Å²) in [4.78, 5) is 16.5. The second-order valence-corrected chi connectivity index (χ2v) is 11.8. The zero-order chi connectivity index (χ0) is 32.2. The van der Waals surface area contributed by atoms with E-state index in [1.807, 2.05) is 0 Å². The third-order valence-electron chi connectivity index (χ3n) is 6.99. The number of halogens is 5. The number of amides is 1. The standard InChI is InChI=1S/C30H27F5N4O5S/c1-18(29(41,15-39-17-36-16-37-39)25-11-6-21(31)12-26(25)32)45-24-13-42-28(43-14-24)20-4-2-19(3-5-20)27(40)38-22-7-9-23(10-8-22)44-30(33,34)35/h2-12,16-18,24,28,41H,13-15H2,1H3,(H,38,40)/t18-,24?,28?,29-/m1/s1. The van der Waals surface area contributed by atoms with E-state index in [4.69, 9.17) is 9.47 Å². The van der Waals surface area contributed by atoms with Gasteiger partial charge >= 0.3 is 6.36 Å². The molecule has 1 fully saturated rings. The number of alkyl halides is 3.